The van der Waals surface area contributed by atoms with Crippen LogP contribution in [0.5, 0.6) is 0 Å². The predicted octanol–water partition coefficient (Wildman–Crippen LogP) is 3.22. The molecule has 7 heteroatoms. The predicted molar refractivity (Wildman–Crippen MR) is 93.6 cm³/mol. The highest BCUT2D eigenvalue weighted by Gasteiger charge is 2.29. The smallest absolute Gasteiger partial charge is 0.243 e. The molecule has 1 aliphatic heterocycles. The Bertz CT molecular complexity index is 912. The first kappa shape index (κ1) is 17.0. The first-order valence-electron chi connectivity index (χ1n) is 7.45. The van der Waals surface area contributed by atoms with Crippen LogP contribution in [0.1, 0.15) is 24.0 Å². The Hall–Kier alpha value is -1.89. The molecule has 1 aliphatic rings. The van der Waals surface area contributed by atoms with Gasteiger partial charge in [-0.2, -0.15) is 4.31 Å². The van der Waals surface area contributed by atoms with Crippen molar-refractivity contribution in [1.82, 2.24) is 4.31 Å². The third-order valence-corrected chi connectivity index (χ3v) is 6.37. The van der Waals surface area contributed by atoms with Gasteiger partial charge >= 0.3 is 0 Å². The summed E-state index contributed by atoms with van der Waals surface area (Å²) in [6.45, 7) is 1.93. The minimum absolute atomic E-state index is 0.121. The van der Waals surface area contributed by atoms with Crippen LogP contribution < -0.4 is 5.32 Å². The summed E-state index contributed by atoms with van der Waals surface area (Å²) < 4.78 is 26.9. The van der Waals surface area contributed by atoms with Crippen LogP contribution in [0.2, 0.25) is 5.02 Å². The summed E-state index contributed by atoms with van der Waals surface area (Å²) >= 11 is 6.11. The Morgan fingerprint density at radius 1 is 1.21 bits per heavy atom. The highest BCUT2D eigenvalue weighted by molar-refractivity contribution is 7.89. The van der Waals surface area contributed by atoms with Crippen LogP contribution >= 0.6 is 11.6 Å². The number of sulfonamides is 1. The normalized spacial score (nSPS) is 17.0. The van der Waals surface area contributed by atoms with Crippen molar-refractivity contribution in [3.63, 3.8) is 0 Å². The van der Waals surface area contributed by atoms with Crippen LogP contribution in [-0.4, -0.2) is 25.7 Å². The van der Waals surface area contributed by atoms with Crippen LogP contribution in [-0.2, 0) is 21.4 Å². The van der Waals surface area contributed by atoms with Gasteiger partial charge < -0.3 is 5.32 Å². The second-order valence-electron chi connectivity index (χ2n) is 5.81. The monoisotopic (exact) mass is 364 g/mol. The number of amides is 1. The van der Waals surface area contributed by atoms with E-state index in [-0.39, 0.29) is 23.3 Å². The summed E-state index contributed by atoms with van der Waals surface area (Å²) in [7, 11) is -2.17. The first-order valence-corrected chi connectivity index (χ1v) is 9.27. The summed E-state index contributed by atoms with van der Waals surface area (Å²) in [4.78, 5) is 11.9. The number of fused-ring (bicyclic) bond motifs is 1. The average Bonchev–Trinajstić information content (AvgIpc) is 2.84. The molecule has 5 nitrogen and oxygen atoms in total. The standard InChI is InChI=1S/C17H17ClN2O3S/c1-11-14-9-13(7-8-16(14)19-17(11)21)24(22,23)20(2)10-12-5-3-4-6-15(12)18/h3-9,11H,10H2,1-2H3,(H,19,21)/t11-/m1/s1. The van der Waals surface area contributed by atoms with Gasteiger partial charge in [-0.05, 0) is 42.3 Å². The van der Waals surface area contributed by atoms with Gasteiger partial charge in [0.05, 0.1) is 10.8 Å². The van der Waals surface area contributed by atoms with Crippen LogP contribution in [0.4, 0.5) is 5.69 Å². The van der Waals surface area contributed by atoms with E-state index in [1.807, 2.05) is 6.07 Å². The minimum atomic E-state index is -3.68. The maximum Gasteiger partial charge on any atom is 0.243 e. The second kappa shape index (κ2) is 6.20. The van der Waals surface area contributed by atoms with Crippen molar-refractivity contribution in [1.29, 1.82) is 0 Å². The number of benzene rings is 2. The lowest BCUT2D eigenvalue weighted by atomic mass is 10.0. The fraction of sp³-hybridized carbons (Fsp3) is 0.235. The van der Waals surface area contributed by atoms with E-state index in [1.165, 1.54) is 17.4 Å². The molecular weight excluding hydrogens is 348 g/mol. The number of rotatable bonds is 4. The number of carbonyl (C=O) groups excluding carboxylic acids is 1. The number of nitrogens with zero attached hydrogens (tertiary/aromatic N) is 1. The Morgan fingerprint density at radius 2 is 1.92 bits per heavy atom. The molecule has 0 unspecified atom stereocenters. The molecule has 0 spiro atoms. The lowest BCUT2D eigenvalue weighted by Crippen LogP contribution is -2.26. The van der Waals surface area contributed by atoms with Gasteiger partial charge in [-0.3, -0.25) is 4.79 Å². The summed E-state index contributed by atoms with van der Waals surface area (Å²) in [5, 5.41) is 3.26. The fourth-order valence-electron chi connectivity index (χ4n) is 2.69. The minimum Gasteiger partial charge on any atom is -0.325 e. The zero-order chi connectivity index (χ0) is 17.5. The molecule has 126 valence electrons. The van der Waals surface area contributed by atoms with E-state index in [1.54, 1.807) is 37.3 Å². The van der Waals surface area contributed by atoms with Gasteiger partial charge in [0.15, 0.2) is 0 Å². The molecule has 0 bridgehead atoms. The number of anilines is 1. The molecule has 0 aliphatic carbocycles. The quantitative estimate of drug-likeness (QED) is 0.905. The van der Waals surface area contributed by atoms with Gasteiger partial charge in [0.1, 0.15) is 0 Å². The van der Waals surface area contributed by atoms with Gasteiger partial charge in [0.2, 0.25) is 15.9 Å². The first-order chi connectivity index (χ1) is 11.3. The van der Waals surface area contributed by atoms with Crippen molar-refractivity contribution < 1.29 is 13.2 Å². The highest BCUT2D eigenvalue weighted by atomic mass is 35.5. The Kier molecular flexibility index (Phi) is 4.38. The van der Waals surface area contributed by atoms with E-state index in [0.717, 1.165) is 5.56 Å². The number of hydrogen-bond donors (Lipinski definition) is 1. The largest absolute Gasteiger partial charge is 0.325 e. The average molecular weight is 365 g/mol. The highest BCUT2D eigenvalue weighted by Crippen LogP contribution is 2.34. The van der Waals surface area contributed by atoms with Crippen LogP contribution in [0, 0.1) is 0 Å². The zero-order valence-electron chi connectivity index (χ0n) is 13.3. The molecule has 0 aromatic heterocycles. The summed E-state index contributed by atoms with van der Waals surface area (Å²) in [6, 6.07) is 11.8. The molecule has 1 atom stereocenters. The molecule has 1 heterocycles. The van der Waals surface area contributed by atoms with E-state index in [4.69, 9.17) is 11.6 Å². The molecule has 0 saturated carbocycles. The molecule has 2 aromatic rings. The SMILES string of the molecule is C[C@H]1C(=O)Nc2ccc(S(=O)(=O)N(C)Cc3ccccc3Cl)cc21. The molecule has 0 radical (unpaired) electrons. The maximum atomic E-state index is 12.8. The number of carbonyl (C=O) groups is 1. The summed E-state index contributed by atoms with van der Waals surface area (Å²) in [6.07, 6.45) is 0. The van der Waals surface area contributed by atoms with Crippen molar-refractivity contribution in [3.8, 4) is 0 Å². The lowest BCUT2D eigenvalue weighted by molar-refractivity contribution is -0.116. The van der Waals surface area contributed by atoms with E-state index in [0.29, 0.717) is 16.3 Å². The van der Waals surface area contributed by atoms with Crippen LogP contribution in [0.15, 0.2) is 47.4 Å². The van der Waals surface area contributed by atoms with Crippen LogP contribution in [0.25, 0.3) is 0 Å². The second-order valence-corrected chi connectivity index (χ2v) is 8.26. The van der Waals surface area contributed by atoms with Crippen LogP contribution in [0.3, 0.4) is 0 Å². The van der Waals surface area contributed by atoms with Crippen molar-refractivity contribution in [2.45, 2.75) is 24.3 Å². The van der Waals surface area contributed by atoms with E-state index < -0.39 is 10.0 Å². The molecule has 3 rings (SSSR count). The van der Waals surface area contributed by atoms with Gasteiger partial charge in [0, 0.05) is 24.3 Å². The Balaban J connectivity index is 1.91. The number of nitrogens with one attached hydrogen (secondary N) is 1. The summed E-state index contributed by atoms with van der Waals surface area (Å²) in [5.74, 6) is -0.479. The maximum absolute atomic E-state index is 12.8. The number of halogens is 1. The summed E-state index contributed by atoms with van der Waals surface area (Å²) in [5.41, 5.74) is 2.10. The van der Waals surface area contributed by atoms with Crippen molar-refractivity contribution in [2.75, 3.05) is 12.4 Å². The van der Waals surface area contributed by atoms with E-state index in [2.05, 4.69) is 5.32 Å². The molecule has 0 fully saturated rings. The van der Waals surface area contributed by atoms with Crippen molar-refractivity contribution in [2.24, 2.45) is 0 Å². The molecule has 1 amide bonds. The zero-order valence-corrected chi connectivity index (χ0v) is 14.9. The van der Waals surface area contributed by atoms with Crippen molar-refractivity contribution >= 4 is 33.2 Å². The Labute approximate surface area is 146 Å². The third-order valence-electron chi connectivity index (χ3n) is 4.20. The number of hydrogen-bond acceptors (Lipinski definition) is 3. The Morgan fingerprint density at radius 3 is 2.62 bits per heavy atom. The lowest BCUT2D eigenvalue weighted by Gasteiger charge is -2.18. The van der Waals surface area contributed by atoms with Gasteiger partial charge in [-0.15, -0.1) is 0 Å². The molecule has 1 N–H and O–H groups in total. The van der Waals surface area contributed by atoms with E-state index in [9.17, 15) is 13.2 Å². The third kappa shape index (κ3) is 2.92. The molecule has 24 heavy (non-hydrogen) atoms. The molecular formula is C17H17ClN2O3S. The molecule has 2 aromatic carbocycles. The van der Waals surface area contributed by atoms with Gasteiger partial charge in [0.25, 0.3) is 0 Å². The van der Waals surface area contributed by atoms with Crippen molar-refractivity contribution in [3.05, 3.63) is 58.6 Å². The topological polar surface area (TPSA) is 66.5 Å². The van der Waals surface area contributed by atoms with Gasteiger partial charge in [-0.25, -0.2) is 8.42 Å². The van der Waals surface area contributed by atoms with E-state index >= 15 is 0 Å². The molecule has 0 saturated heterocycles. The fourth-order valence-corrected chi connectivity index (χ4v) is 4.07. The van der Waals surface area contributed by atoms with Gasteiger partial charge in [-0.1, -0.05) is 29.8 Å².